The van der Waals surface area contributed by atoms with Gasteiger partial charge in [-0.25, -0.2) is 9.97 Å². The Hall–Kier alpha value is -1.94. The first-order valence-electron chi connectivity index (χ1n) is 8.06. The highest BCUT2D eigenvalue weighted by molar-refractivity contribution is 5.62. The second-order valence-electron chi connectivity index (χ2n) is 6.42. The zero-order valence-electron chi connectivity index (χ0n) is 12.9. The predicted molar refractivity (Wildman–Crippen MR) is 85.8 cm³/mol. The smallest absolute Gasteiger partial charge is 0.316 e. The van der Waals surface area contributed by atoms with E-state index in [0.29, 0.717) is 11.9 Å². The SMILES string of the molecule is Cc1cccc(-c2cnc(OC3CN4CCC3CC4)nc2)c1. The van der Waals surface area contributed by atoms with Crippen molar-refractivity contribution >= 4 is 0 Å². The average molecular weight is 295 g/mol. The molecule has 3 saturated heterocycles. The lowest BCUT2D eigenvalue weighted by Crippen LogP contribution is -2.52. The lowest BCUT2D eigenvalue weighted by molar-refractivity contribution is -0.0123. The van der Waals surface area contributed by atoms with E-state index in [2.05, 4.69) is 46.1 Å². The van der Waals surface area contributed by atoms with Gasteiger partial charge in [-0.2, -0.15) is 0 Å². The number of rotatable bonds is 3. The van der Waals surface area contributed by atoms with Crippen molar-refractivity contribution in [3.05, 3.63) is 42.2 Å². The van der Waals surface area contributed by atoms with Crippen LogP contribution in [0.3, 0.4) is 0 Å². The largest absolute Gasteiger partial charge is 0.458 e. The van der Waals surface area contributed by atoms with Gasteiger partial charge in [0, 0.05) is 24.5 Å². The second kappa shape index (κ2) is 5.69. The van der Waals surface area contributed by atoms with Crippen molar-refractivity contribution in [2.75, 3.05) is 19.6 Å². The minimum absolute atomic E-state index is 0.257. The van der Waals surface area contributed by atoms with E-state index < -0.39 is 0 Å². The van der Waals surface area contributed by atoms with E-state index in [1.165, 1.54) is 31.5 Å². The van der Waals surface area contributed by atoms with Crippen molar-refractivity contribution in [2.45, 2.75) is 25.9 Å². The summed E-state index contributed by atoms with van der Waals surface area (Å²) in [4.78, 5) is 11.3. The number of hydrogen-bond donors (Lipinski definition) is 0. The van der Waals surface area contributed by atoms with Crippen LogP contribution in [0.1, 0.15) is 18.4 Å². The Bertz CT molecular complexity index is 648. The quantitative estimate of drug-likeness (QED) is 0.872. The molecule has 3 aliphatic rings. The second-order valence-corrected chi connectivity index (χ2v) is 6.42. The van der Waals surface area contributed by atoms with Crippen LogP contribution < -0.4 is 4.74 Å². The van der Waals surface area contributed by atoms with Gasteiger partial charge in [-0.3, -0.25) is 4.90 Å². The summed E-state index contributed by atoms with van der Waals surface area (Å²) in [6.45, 7) is 5.55. The summed E-state index contributed by atoms with van der Waals surface area (Å²) in [5.41, 5.74) is 3.42. The fourth-order valence-corrected chi connectivity index (χ4v) is 3.53. The molecule has 4 nitrogen and oxygen atoms in total. The number of piperidine rings is 3. The Morgan fingerprint density at radius 1 is 1.09 bits per heavy atom. The molecule has 1 aromatic carbocycles. The molecule has 2 aromatic rings. The molecule has 1 unspecified atom stereocenters. The molecule has 4 heterocycles. The molecule has 0 saturated carbocycles. The highest BCUT2D eigenvalue weighted by Crippen LogP contribution is 2.30. The van der Waals surface area contributed by atoms with Crippen molar-refractivity contribution in [2.24, 2.45) is 5.92 Å². The Labute approximate surface area is 131 Å². The Morgan fingerprint density at radius 3 is 2.50 bits per heavy atom. The number of hydrogen-bond acceptors (Lipinski definition) is 4. The van der Waals surface area contributed by atoms with Crippen LogP contribution in [0.2, 0.25) is 0 Å². The molecule has 0 N–H and O–H groups in total. The molecule has 22 heavy (non-hydrogen) atoms. The maximum absolute atomic E-state index is 6.04. The van der Waals surface area contributed by atoms with Crippen molar-refractivity contribution in [3.8, 4) is 17.1 Å². The van der Waals surface area contributed by atoms with E-state index in [1.54, 1.807) is 0 Å². The first-order chi connectivity index (χ1) is 10.8. The molecule has 5 rings (SSSR count). The van der Waals surface area contributed by atoms with Gasteiger partial charge in [0.2, 0.25) is 0 Å². The Morgan fingerprint density at radius 2 is 1.86 bits per heavy atom. The third-order valence-electron chi connectivity index (χ3n) is 4.83. The average Bonchev–Trinajstić information content (AvgIpc) is 2.57. The summed E-state index contributed by atoms with van der Waals surface area (Å²) in [5.74, 6) is 0.671. The normalized spacial score (nSPS) is 26.9. The summed E-state index contributed by atoms with van der Waals surface area (Å²) < 4.78 is 6.04. The third kappa shape index (κ3) is 2.71. The van der Waals surface area contributed by atoms with Crippen LogP contribution in [-0.2, 0) is 0 Å². The summed E-state index contributed by atoms with van der Waals surface area (Å²) in [6.07, 6.45) is 6.46. The Kier molecular flexibility index (Phi) is 3.54. The fraction of sp³-hybridized carbons (Fsp3) is 0.444. The van der Waals surface area contributed by atoms with E-state index in [-0.39, 0.29) is 6.10 Å². The van der Waals surface area contributed by atoms with Crippen LogP contribution in [-0.4, -0.2) is 40.6 Å². The van der Waals surface area contributed by atoms with E-state index in [9.17, 15) is 0 Å². The van der Waals surface area contributed by atoms with Gasteiger partial charge in [0.15, 0.2) is 0 Å². The van der Waals surface area contributed by atoms with E-state index in [0.717, 1.165) is 17.7 Å². The number of aryl methyl sites for hydroxylation is 1. The highest BCUT2D eigenvalue weighted by atomic mass is 16.5. The topological polar surface area (TPSA) is 38.2 Å². The predicted octanol–water partition coefficient (Wildman–Crippen LogP) is 2.93. The van der Waals surface area contributed by atoms with Crippen molar-refractivity contribution in [1.82, 2.24) is 14.9 Å². The molecule has 1 aromatic heterocycles. The van der Waals surface area contributed by atoms with Gasteiger partial charge in [0.25, 0.3) is 0 Å². The Balaban J connectivity index is 1.48. The van der Waals surface area contributed by atoms with Gasteiger partial charge in [-0.05, 0) is 44.3 Å². The minimum atomic E-state index is 0.257. The van der Waals surface area contributed by atoms with Gasteiger partial charge < -0.3 is 4.74 Å². The van der Waals surface area contributed by atoms with Crippen LogP contribution >= 0.6 is 0 Å². The number of benzene rings is 1. The molecule has 0 radical (unpaired) electrons. The highest BCUT2D eigenvalue weighted by Gasteiger charge is 2.35. The standard InChI is InChI=1S/C18H21N3O/c1-13-3-2-4-15(9-13)16-10-19-18(20-11-16)22-17-12-21-7-5-14(17)6-8-21/h2-4,9-11,14,17H,5-8,12H2,1H3. The van der Waals surface area contributed by atoms with E-state index in [1.807, 2.05) is 12.4 Å². The molecule has 4 heteroatoms. The molecule has 0 amide bonds. The fourth-order valence-electron chi connectivity index (χ4n) is 3.53. The zero-order valence-corrected chi connectivity index (χ0v) is 12.9. The molecule has 0 spiro atoms. The monoisotopic (exact) mass is 295 g/mol. The first-order valence-corrected chi connectivity index (χ1v) is 8.06. The maximum Gasteiger partial charge on any atom is 0.316 e. The summed E-state index contributed by atoms with van der Waals surface area (Å²) in [7, 11) is 0. The summed E-state index contributed by atoms with van der Waals surface area (Å²) in [6, 6.07) is 8.89. The third-order valence-corrected chi connectivity index (χ3v) is 4.83. The van der Waals surface area contributed by atoms with Crippen LogP contribution in [0.5, 0.6) is 6.01 Å². The molecule has 3 aliphatic heterocycles. The van der Waals surface area contributed by atoms with Gasteiger partial charge >= 0.3 is 6.01 Å². The number of aromatic nitrogens is 2. The molecule has 0 aliphatic carbocycles. The van der Waals surface area contributed by atoms with Crippen LogP contribution in [0, 0.1) is 12.8 Å². The molecular weight excluding hydrogens is 274 g/mol. The molecule has 2 bridgehead atoms. The number of nitrogens with zero attached hydrogens (tertiary/aromatic N) is 3. The molecular formula is C18H21N3O. The van der Waals surface area contributed by atoms with Gasteiger partial charge in [-0.1, -0.05) is 29.8 Å². The van der Waals surface area contributed by atoms with Crippen molar-refractivity contribution in [3.63, 3.8) is 0 Å². The summed E-state index contributed by atoms with van der Waals surface area (Å²) >= 11 is 0. The van der Waals surface area contributed by atoms with E-state index >= 15 is 0 Å². The lowest BCUT2D eigenvalue weighted by atomic mass is 9.86. The number of fused-ring (bicyclic) bond motifs is 3. The lowest BCUT2D eigenvalue weighted by Gasteiger charge is -2.43. The van der Waals surface area contributed by atoms with Gasteiger partial charge in [0.05, 0.1) is 0 Å². The molecule has 1 atom stereocenters. The van der Waals surface area contributed by atoms with Crippen LogP contribution in [0.25, 0.3) is 11.1 Å². The van der Waals surface area contributed by atoms with E-state index in [4.69, 9.17) is 4.74 Å². The maximum atomic E-state index is 6.04. The minimum Gasteiger partial charge on any atom is -0.458 e. The first kappa shape index (κ1) is 13.7. The molecule has 3 fully saturated rings. The van der Waals surface area contributed by atoms with Crippen molar-refractivity contribution in [1.29, 1.82) is 0 Å². The van der Waals surface area contributed by atoms with Gasteiger partial charge in [0.1, 0.15) is 6.10 Å². The number of ether oxygens (including phenoxy) is 1. The van der Waals surface area contributed by atoms with Crippen LogP contribution in [0.4, 0.5) is 0 Å². The molecule has 114 valence electrons. The summed E-state index contributed by atoms with van der Waals surface area (Å²) in [5, 5.41) is 0. The van der Waals surface area contributed by atoms with Crippen LogP contribution in [0.15, 0.2) is 36.7 Å². The van der Waals surface area contributed by atoms with Crippen molar-refractivity contribution < 1.29 is 4.74 Å². The zero-order chi connectivity index (χ0) is 14.9. The van der Waals surface area contributed by atoms with Gasteiger partial charge in [-0.15, -0.1) is 0 Å².